The van der Waals surface area contributed by atoms with E-state index in [9.17, 15) is 24.5 Å². The molecule has 0 aliphatic carbocycles. The lowest BCUT2D eigenvalue weighted by molar-refractivity contribution is -0.384. The van der Waals surface area contributed by atoms with Gasteiger partial charge >= 0.3 is 11.9 Å². The molecular formula is C13H12N2O7. The first-order valence-corrected chi connectivity index (χ1v) is 6.30. The van der Waals surface area contributed by atoms with Crippen LogP contribution in [0, 0.1) is 22.0 Å². The van der Waals surface area contributed by atoms with E-state index in [-0.39, 0.29) is 18.8 Å². The number of anilines is 1. The van der Waals surface area contributed by atoms with E-state index in [1.54, 1.807) is 0 Å². The SMILES string of the molecule is O=C(O)C1CN(c2cccc([N+](=O)[O-])c2)CC(C(=O)O)C1=O. The van der Waals surface area contributed by atoms with Crippen LogP contribution in [0.2, 0.25) is 0 Å². The quantitative estimate of drug-likeness (QED) is 0.462. The van der Waals surface area contributed by atoms with Crippen molar-refractivity contribution in [3.05, 3.63) is 34.4 Å². The van der Waals surface area contributed by atoms with E-state index in [4.69, 9.17) is 10.2 Å². The standard InChI is InChI=1S/C13H12N2O7/c16-11-9(12(17)18)5-14(6-10(11)13(19)20)7-2-1-3-8(4-7)15(21)22/h1-4,9-10H,5-6H2,(H,17,18)(H,19,20). The fraction of sp³-hybridized carbons (Fsp3) is 0.308. The average Bonchev–Trinajstić information content (AvgIpc) is 2.46. The lowest BCUT2D eigenvalue weighted by Crippen LogP contribution is -2.52. The number of rotatable bonds is 4. The molecule has 0 amide bonds. The van der Waals surface area contributed by atoms with Crippen molar-refractivity contribution in [2.24, 2.45) is 11.8 Å². The average molecular weight is 308 g/mol. The van der Waals surface area contributed by atoms with E-state index in [0.717, 1.165) is 0 Å². The zero-order valence-electron chi connectivity index (χ0n) is 11.2. The van der Waals surface area contributed by atoms with Crippen LogP contribution in [0.4, 0.5) is 11.4 Å². The number of ketones is 1. The van der Waals surface area contributed by atoms with E-state index in [1.165, 1.54) is 29.2 Å². The molecular weight excluding hydrogens is 296 g/mol. The highest BCUT2D eigenvalue weighted by molar-refractivity contribution is 6.09. The van der Waals surface area contributed by atoms with Gasteiger partial charge in [0.05, 0.1) is 4.92 Å². The third-order valence-electron chi connectivity index (χ3n) is 3.49. The first kappa shape index (κ1) is 15.4. The van der Waals surface area contributed by atoms with Crippen LogP contribution in [0.5, 0.6) is 0 Å². The Morgan fingerprint density at radius 3 is 2.18 bits per heavy atom. The van der Waals surface area contributed by atoms with Crippen molar-refractivity contribution >= 4 is 29.1 Å². The van der Waals surface area contributed by atoms with Gasteiger partial charge < -0.3 is 15.1 Å². The van der Waals surface area contributed by atoms with Gasteiger partial charge in [-0.05, 0) is 6.07 Å². The van der Waals surface area contributed by atoms with Crippen molar-refractivity contribution in [1.29, 1.82) is 0 Å². The molecule has 2 atom stereocenters. The summed E-state index contributed by atoms with van der Waals surface area (Å²) in [5, 5.41) is 28.9. The van der Waals surface area contributed by atoms with Crippen molar-refractivity contribution in [1.82, 2.24) is 0 Å². The number of carbonyl (C=O) groups is 3. The molecule has 116 valence electrons. The fourth-order valence-corrected chi connectivity index (χ4v) is 2.35. The molecule has 0 bridgehead atoms. The minimum atomic E-state index is -1.48. The Labute approximate surface area is 123 Å². The molecule has 1 aromatic carbocycles. The molecule has 0 radical (unpaired) electrons. The van der Waals surface area contributed by atoms with Gasteiger partial charge in [0.2, 0.25) is 0 Å². The Kier molecular flexibility index (Phi) is 4.06. The van der Waals surface area contributed by atoms with Crippen LogP contribution < -0.4 is 4.90 Å². The fourth-order valence-electron chi connectivity index (χ4n) is 2.35. The highest BCUT2D eigenvalue weighted by Crippen LogP contribution is 2.27. The molecule has 1 aromatic rings. The highest BCUT2D eigenvalue weighted by Gasteiger charge is 2.43. The van der Waals surface area contributed by atoms with Gasteiger partial charge in [0, 0.05) is 30.9 Å². The number of hydrogen-bond donors (Lipinski definition) is 2. The summed E-state index contributed by atoms with van der Waals surface area (Å²) in [5.41, 5.74) is 0.104. The van der Waals surface area contributed by atoms with E-state index in [1.807, 2.05) is 0 Å². The zero-order chi connectivity index (χ0) is 16.4. The summed E-state index contributed by atoms with van der Waals surface area (Å²) in [7, 11) is 0. The second-order valence-corrected chi connectivity index (χ2v) is 4.87. The topological polar surface area (TPSA) is 138 Å². The Morgan fingerprint density at radius 1 is 1.18 bits per heavy atom. The maximum atomic E-state index is 11.9. The number of nitro groups is 1. The minimum Gasteiger partial charge on any atom is -0.481 e. The smallest absolute Gasteiger partial charge is 0.315 e. The number of carboxylic acid groups (broad SMARTS) is 2. The predicted octanol–water partition coefficient (Wildman–Crippen LogP) is 0.386. The summed E-state index contributed by atoms with van der Waals surface area (Å²) in [4.78, 5) is 45.7. The molecule has 0 aromatic heterocycles. The third-order valence-corrected chi connectivity index (χ3v) is 3.49. The molecule has 1 aliphatic heterocycles. The summed E-state index contributed by atoms with van der Waals surface area (Å²) in [6.07, 6.45) is 0. The molecule has 0 saturated carbocycles. The number of nitro benzene ring substituents is 1. The van der Waals surface area contributed by atoms with Gasteiger partial charge in [0.25, 0.3) is 5.69 Å². The number of non-ortho nitro benzene ring substituents is 1. The number of carboxylic acids is 2. The zero-order valence-corrected chi connectivity index (χ0v) is 11.2. The third kappa shape index (κ3) is 2.87. The highest BCUT2D eigenvalue weighted by atomic mass is 16.6. The number of piperidine rings is 1. The van der Waals surface area contributed by atoms with Crippen LogP contribution in [-0.2, 0) is 14.4 Å². The van der Waals surface area contributed by atoms with Crippen molar-refractivity contribution < 1.29 is 29.5 Å². The Hall–Kier alpha value is -2.97. The molecule has 22 heavy (non-hydrogen) atoms. The summed E-state index contributed by atoms with van der Waals surface area (Å²) in [5.74, 6) is -6.64. The first-order valence-electron chi connectivity index (χ1n) is 6.30. The Morgan fingerprint density at radius 2 is 1.73 bits per heavy atom. The lowest BCUT2D eigenvalue weighted by Gasteiger charge is -2.34. The number of aliphatic carboxylic acids is 2. The molecule has 1 aliphatic rings. The number of nitrogens with zero attached hydrogens (tertiary/aromatic N) is 2. The van der Waals surface area contributed by atoms with Gasteiger partial charge in [-0.25, -0.2) is 0 Å². The van der Waals surface area contributed by atoms with Gasteiger partial charge in [-0.2, -0.15) is 0 Å². The summed E-state index contributed by atoms with van der Waals surface area (Å²) < 4.78 is 0. The molecule has 9 heteroatoms. The molecule has 1 fully saturated rings. The van der Waals surface area contributed by atoms with Crippen LogP contribution >= 0.6 is 0 Å². The number of hydrogen-bond acceptors (Lipinski definition) is 6. The van der Waals surface area contributed by atoms with Crippen molar-refractivity contribution in [2.45, 2.75) is 0 Å². The van der Waals surface area contributed by atoms with Crippen LogP contribution in [0.25, 0.3) is 0 Å². The van der Waals surface area contributed by atoms with Crippen LogP contribution in [0.1, 0.15) is 0 Å². The summed E-state index contributed by atoms with van der Waals surface area (Å²) >= 11 is 0. The second kappa shape index (κ2) is 5.80. The van der Waals surface area contributed by atoms with Gasteiger partial charge in [0.1, 0.15) is 11.8 Å². The summed E-state index contributed by atoms with van der Waals surface area (Å²) in [6, 6.07) is 5.39. The lowest BCUT2D eigenvalue weighted by atomic mass is 9.87. The van der Waals surface area contributed by atoms with E-state index in [0.29, 0.717) is 5.69 Å². The largest absolute Gasteiger partial charge is 0.481 e. The van der Waals surface area contributed by atoms with Gasteiger partial charge in [-0.3, -0.25) is 24.5 Å². The predicted molar refractivity (Wildman–Crippen MR) is 72.6 cm³/mol. The Bertz CT molecular complexity index is 632. The van der Waals surface area contributed by atoms with Gasteiger partial charge in [0.15, 0.2) is 5.78 Å². The molecule has 2 N–H and O–H groups in total. The monoisotopic (exact) mass is 308 g/mol. The number of benzene rings is 1. The normalized spacial score (nSPS) is 21.5. The van der Waals surface area contributed by atoms with E-state index >= 15 is 0 Å². The maximum Gasteiger partial charge on any atom is 0.315 e. The maximum absolute atomic E-state index is 11.9. The van der Waals surface area contributed by atoms with Crippen LogP contribution in [-0.4, -0.2) is 45.9 Å². The first-order chi connectivity index (χ1) is 10.3. The van der Waals surface area contributed by atoms with Crippen LogP contribution in [0.3, 0.4) is 0 Å². The second-order valence-electron chi connectivity index (χ2n) is 4.87. The van der Waals surface area contributed by atoms with Gasteiger partial charge in [-0.15, -0.1) is 0 Å². The Balaban J connectivity index is 2.36. The summed E-state index contributed by atoms with van der Waals surface area (Å²) in [6.45, 7) is -0.446. The number of Topliss-reactive ketones (excluding diaryl/α,β-unsaturated/α-hetero) is 1. The van der Waals surface area contributed by atoms with Crippen molar-refractivity contribution in [3.63, 3.8) is 0 Å². The minimum absolute atomic E-state index is 0.201. The van der Waals surface area contributed by atoms with E-state index in [2.05, 4.69) is 0 Å². The van der Waals surface area contributed by atoms with E-state index < -0.39 is 34.5 Å². The molecule has 9 nitrogen and oxygen atoms in total. The van der Waals surface area contributed by atoms with Crippen molar-refractivity contribution in [2.75, 3.05) is 18.0 Å². The number of carbonyl (C=O) groups excluding carboxylic acids is 1. The molecule has 2 unspecified atom stereocenters. The van der Waals surface area contributed by atoms with Crippen molar-refractivity contribution in [3.8, 4) is 0 Å². The molecule has 1 saturated heterocycles. The van der Waals surface area contributed by atoms with Crippen LogP contribution in [0.15, 0.2) is 24.3 Å². The molecule has 0 spiro atoms. The molecule has 2 rings (SSSR count). The van der Waals surface area contributed by atoms with Gasteiger partial charge in [-0.1, -0.05) is 6.07 Å². The molecule has 1 heterocycles.